The van der Waals surface area contributed by atoms with Gasteiger partial charge in [0.25, 0.3) is 0 Å². The molecule has 0 radical (unpaired) electrons. The molecule has 1 aromatic carbocycles. The van der Waals surface area contributed by atoms with Crippen molar-refractivity contribution < 1.29 is 9.90 Å². The van der Waals surface area contributed by atoms with Gasteiger partial charge in [0.05, 0.1) is 0 Å². The van der Waals surface area contributed by atoms with E-state index in [0.717, 1.165) is 22.0 Å². The predicted octanol–water partition coefficient (Wildman–Crippen LogP) is 2.98. The average molecular weight is 217 g/mol. The maximum absolute atomic E-state index is 11.3. The predicted molar refractivity (Wildman–Crippen MR) is 64.0 cm³/mol. The highest BCUT2D eigenvalue weighted by Gasteiger charge is 2.19. The molecule has 0 aliphatic rings. The van der Waals surface area contributed by atoms with Gasteiger partial charge in [0, 0.05) is 17.4 Å². The molecule has 0 saturated heterocycles. The lowest BCUT2D eigenvalue weighted by atomic mass is 10.1. The number of carbonyl (C=O) groups is 1. The van der Waals surface area contributed by atoms with Crippen molar-refractivity contribution >= 4 is 16.9 Å². The van der Waals surface area contributed by atoms with Gasteiger partial charge in [-0.1, -0.05) is 12.1 Å². The van der Waals surface area contributed by atoms with Crippen molar-refractivity contribution in [2.75, 3.05) is 0 Å². The topological polar surface area (TPSA) is 42.2 Å². The Bertz CT molecular complexity index is 567. The molecular weight excluding hydrogens is 202 g/mol. The van der Waals surface area contributed by atoms with Gasteiger partial charge in [0.1, 0.15) is 5.69 Å². The molecule has 0 fully saturated rings. The average Bonchev–Trinajstić information content (AvgIpc) is 2.52. The Morgan fingerprint density at radius 2 is 2.06 bits per heavy atom. The van der Waals surface area contributed by atoms with Gasteiger partial charge < -0.3 is 9.67 Å². The first-order valence-electron chi connectivity index (χ1n) is 5.39. The molecule has 1 aromatic heterocycles. The van der Waals surface area contributed by atoms with Crippen LogP contribution in [0.4, 0.5) is 0 Å². The Balaban J connectivity index is 2.96. The number of aryl methyl sites for hydroxylation is 3. The van der Waals surface area contributed by atoms with Crippen LogP contribution in [0.5, 0.6) is 0 Å². The molecule has 1 heterocycles. The minimum Gasteiger partial charge on any atom is -0.477 e. The largest absolute Gasteiger partial charge is 0.477 e. The van der Waals surface area contributed by atoms with Crippen molar-refractivity contribution in [3.8, 4) is 0 Å². The zero-order valence-corrected chi connectivity index (χ0v) is 9.74. The molecule has 2 rings (SSSR count). The number of nitrogens with zero attached hydrogens (tertiary/aromatic N) is 1. The lowest BCUT2D eigenvalue weighted by Gasteiger charge is -2.04. The summed E-state index contributed by atoms with van der Waals surface area (Å²) >= 11 is 0. The van der Waals surface area contributed by atoms with Crippen LogP contribution in [0.2, 0.25) is 0 Å². The van der Waals surface area contributed by atoms with E-state index in [1.165, 1.54) is 0 Å². The molecule has 0 saturated carbocycles. The van der Waals surface area contributed by atoms with Crippen molar-refractivity contribution in [2.45, 2.75) is 27.3 Å². The van der Waals surface area contributed by atoms with Gasteiger partial charge in [-0.05, 0) is 38.0 Å². The Hall–Kier alpha value is -1.77. The molecule has 0 bridgehead atoms. The maximum atomic E-state index is 11.3. The summed E-state index contributed by atoms with van der Waals surface area (Å²) < 4.78 is 1.86. The standard InChI is InChI=1S/C13H15NO2/c1-4-14-10-7-5-6-8(2)11(10)9(3)12(14)13(15)16/h5-7H,4H2,1-3H3,(H,15,16). The SMILES string of the molecule is CCn1c(C(=O)O)c(C)c2c(C)cccc21. The van der Waals surface area contributed by atoms with Gasteiger partial charge in [-0.15, -0.1) is 0 Å². The number of fused-ring (bicyclic) bond motifs is 1. The van der Waals surface area contributed by atoms with Gasteiger partial charge in [0.2, 0.25) is 0 Å². The first-order chi connectivity index (χ1) is 7.57. The Kier molecular flexibility index (Phi) is 2.46. The van der Waals surface area contributed by atoms with Gasteiger partial charge >= 0.3 is 5.97 Å². The first-order valence-corrected chi connectivity index (χ1v) is 5.39. The summed E-state index contributed by atoms with van der Waals surface area (Å²) in [6, 6.07) is 5.96. The first kappa shape index (κ1) is 10.7. The number of aromatic nitrogens is 1. The van der Waals surface area contributed by atoms with Crippen LogP contribution >= 0.6 is 0 Å². The smallest absolute Gasteiger partial charge is 0.352 e. The zero-order valence-electron chi connectivity index (χ0n) is 9.74. The second-order valence-corrected chi connectivity index (χ2v) is 3.99. The fourth-order valence-corrected chi connectivity index (χ4v) is 2.41. The summed E-state index contributed by atoms with van der Waals surface area (Å²) in [6.45, 7) is 6.54. The molecule has 0 amide bonds. The molecule has 0 atom stereocenters. The number of aromatic carboxylic acids is 1. The minimum atomic E-state index is -0.852. The highest BCUT2D eigenvalue weighted by atomic mass is 16.4. The van der Waals surface area contributed by atoms with E-state index in [2.05, 4.69) is 0 Å². The third-order valence-electron chi connectivity index (χ3n) is 3.06. The van der Waals surface area contributed by atoms with Gasteiger partial charge in [0.15, 0.2) is 0 Å². The molecule has 2 aromatic rings. The van der Waals surface area contributed by atoms with Crippen molar-refractivity contribution in [1.29, 1.82) is 0 Å². The molecule has 0 spiro atoms. The van der Waals surface area contributed by atoms with Crippen LogP contribution < -0.4 is 0 Å². The summed E-state index contributed by atoms with van der Waals surface area (Å²) in [5.74, 6) is -0.852. The van der Waals surface area contributed by atoms with E-state index in [1.807, 2.05) is 43.5 Å². The van der Waals surface area contributed by atoms with E-state index < -0.39 is 5.97 Å². The van der Waals surface area contributed by atoms with Crippen LogP contribution in [0.15, 0.2) is 18.2 Å². The molecule has 0 unspecified atom stereocenters. The van der Waals surface area contributed by atoms with E-state index in [1.54, 1.807) is 0 Å². The Morgan fingerprint density at radius 1 is 1.38 bits per heavy atom. The highest BCUT2D eigenvalue weighted by molar-refractivity contribution is 5.99. The summed E-state index contributed by atoms with van der Waals surface area (Å²) in [4.78, 5) is 11.3. The lowest BCUT2D eigenvalue weighted by Crippen LogP contribution is -2.08. The summed E-state index contributed by atoms with van der Waals surface area (Å²) in [5, 5.41) is 10.3. The van der Waals surface area contributed by atoms with Crippen molar-refractivity contribution in [1.82, 2.24) is 4.57 Å². The molecule has 3 heteroatoms. The monoisotopic (exact) mass is 217 g/mol. The van der Waals surface area contributed by atoms with Gasteiger partial charge in [-0.25, -0.2) is 4.79 Å². The number of carboxylic acid groups (broad SMARTS) is 1. The summed E-state index contributed by atoms with van der Waals surface area (Å²) in [6.07, 6.45) is 0. The quantitative estimate of drug-likeness (QED) is 0.840. The molecule has 1 N–H and O–H groups in total. The second-order valence-electron chi connectivity index (χ2n) is 3.99. The molecule has 0 aliphatic heterocycles. The van der Waals surface area contributed by atoms with Crippen LogP contribution in [-0.4, -0.2) is 15.6 Å². The van der Waals surface area contributed by atoms with Crippen LogP contribution in [-0.2, 0) is 6.54 Å². The zero-order chi connectivity index (χ0) is 11.9. The number of hydrogen-bond acceptors (Lipinski definition) is 1. The van der Waals surface area contributed by atoms with E-state index >= 15 is 0 Å². The number of carboxylic acids is 1. The molecular formula is C13H15NO2. The fourth-order valence-electron chi connectivity index (χ4n) is 2.41. The van der Waals surface area contributed by atoms with Crippen LogP contribution in [0.3, 0.4) is 0 Å². The van der Waals surface area contributed by atoms with E-state index in [9.17, 15) is 9.90 Å². The van der Waals surface area contributed by atoms with Crippen LogP contribution in [0.25, 0.3) is 10.9 Å². The maximum Gasteiger partial charge on any atom is 0.352 e. The Labute approximate surface area is 94.3 Å². The van der Waals surface area contributed by atoms with E-state index in [4.69, 9.17) is 0 Å². The van der Waals surface area contributed by atoms with E-state index in [-0.39, 0.29) is 0 Å². The summed E-state index contributed by atoms with van der Waals surface area (Å²) in [7, 11) is 0. The van der Waals surface area contributed by atoms with Crippen molar-refractivity contribution in [3.05, 3.63) is 35.0 Å². The van der Waals surface area contributed by atoms with Crippen LogP contribution in [0.1, 0.15) is 28.5 Å². The number of rotatable bonds is 2. The third kappa shape index (κ3) is 1.32. The molecule has 0 aliphatic carbocycles. The van der Waals surface area contributed by atoms with E-state index in [0.29, 0.717) is 12.2 Å². The second kappa shape index (κ2) is 3.67. The fraction of sp³-hybridized carbons (Fsp3) is 0.308. The van der Waals surface area contributed by atoms with Gasteiger partial charge in [-0.3, -0.25) is 0 Å². The number of hydrogen-bond donors (Lipinski definition) is 1. The number of benzene rings is 1. The normalized spacial score (nSPS) is 10.9. The van der Waals surface area contributed by atoms with Crippen LogP contribution in [0, 0.1) is 13.8 Å². The molecule has 16 heavy (non-hydrogen) atoms. The lowest BCUT2D eigenvalue weighted by molar-refractivity contribution is 0.0685. The van der Waals surface area contributed by atoms with Crippen molar-refractivity contribution in [2.24, 2.45) is 0 Å². The third-order valence-corrected chi connectivity index (χ3v) is 3.06. The van der Waals surface area contributed by atoms with Gasteiger partial charge in [-0.2, -0.15) is 0 Å². The highest BCUT2D eigenvalue weighted by Crippen LogP contribution is 2.28. The minimum absolute atomic E-state index is 0.409. The molecule has 3 nitrogen and oxygen atoms in total. The van der Waals surface area contributed by atoms with Crippen molar-refractivity contribution in [3.63, 3.8) is 0 Å². The Morgan fingerprint density at radius 3 is 2.62 bits per heavy atom. The molecule has 84 valence electrons. The summed E-state index contributed by atoms with van der Waals surface area (Å²) in [5.41, 5.74) is 3.41.